The van der Waals surface area contributed by atoms with Crippen molar-refractivity contribution in [1.29, 1.82) is 0 Å². The smallest absolute Gasteiger partial charge is 0.149 e. The van der Waals surface area contributed by atoms with Gasteiger partial charge in [-0.2, -0.15) is 0 Å². The summed E-state index contributed by atoms with van der Waals surface area (Å²) in [7, 11) is 0. The first kappa shape index (κ1) is 29.9. The van der Waals surface area contributed by atoms with Crippen LogP contribution in [0.4, 0.5) is 0 Å². The third kappa shape index (κ3) is 7.24. The van der Waals surface area contributed by atoms with Gasteiger partial charge in [0.2, 0.25) is 0 Å². The molecule has 0 aliphatic heterocycles. The minimum Gasteiger partial charge on any atom is -0.507 e. The second kappa shape index (κ2) is 15.2. The molecule has 0 saturated carbocycles. The highest BCUT2D eigenvalue weighted by Crippen LogP contribution is 2.42. The molecule has 0 amide bonds. The number of hydrogen-bond acceptors (Lipinski definition) is 3. The lowest BCUT2D eigenvalue weighted by atomic mass is 9.83. The van der Waals surface area contributed by atoms with Crippen molar-refractivity contribution in [2.45, 2.75) is 79.4 Å². The Bertz CT molecular complexity index is 3090. The number of para-hydroxylation sites is 2. The van der Waals surface area contributed by atoms with Crippen molar-refractivity contribution in [1.82, 2.24) is 14.5 Å². The van der Waals surface area contributed by atoms with Gasteiger partial charge in [-0.25, -0.2) is 4.98 Å². The Morgan fingerprint density at radius 3 is 2.02 bits per heavy atom. The number of rotatable bonds is 8. The van der Waals surface area contributed by atoms with E-state index in [1.54, 1.807) is 82.4 Å². The summed E-state index contributed by atoms with van der Waals surface area (Å²) in [6.07, 6.45) is 1.75. The molecule has 4 heteroatoms. The monoisotopic (exact) mass is 767 g/mol. The molecule has 0 bridgehead atoms. The zero-order valence-corrected chi connectivity index (χ0v) is 34.1. The van der Waals surface area contributed by atoms with Crippen molar-refractivity contribution >= 4 is 11.0 Å². The van der Waals surface area contributed by atoms with Gasteiger partial charge in [-0.1, -0.05) is 133 Å². The molecule has 2 aromatic heterocycles. The highest BCUT2D eigenvalue weighted by atomic mass is 16.3. The van der Waals surface area contributed by atoms with E-state index in [-0.39, 0.29) is 22.3 Å². The lowest BCUT2D eigenvalue weighted by Gasteiger charge is -2.22. The maximum absolute atomic E-state index is 11.4. The maximum atomic E-state index is 11.4. The normalized spacial score (nSPS) is 14.7. The van der Waals surface area contributed by atoms with Crippen LogP contribution in [0.3, 0.4) is 0 Å². The molecule has 0 aliphatic carbocycles. The fraction of sp³-hybridized carbons (Fsp3) is 0.222. The average Bonchev–Trinajstić information content (AvgIpc) is 3.64. The SMILES string of the molecule is [2H]C([2H])([2H])c1ccc(-c2ccnc(-c3cc(-c4cccc5c4nc(-c4ccccc4O)n5-c4ccc(-c5c(C([2H])(C)C)cccc5C([2H])(C)C)cc4C([2H])([2H])[2H])cc(C(C)(C)C)c3)c2)cc1. The van der Waals surface area contributed by atoms with Gasteiger partial charge in [0.15, 0.2) is 0 Å². The van der Waals surface area contributed by atoms with Crippen molar-refractivity contribution in [3.05, 3.63) is 167 Å². The first-order valence-corrected chi connectivity index (χ1v) is 19.6. The van der Waals surface area contributed by atoms with E-state index in [1.165, 1.54) is 0 Å². The molecule has 0 saturated heterocycles. The predicted molar refractivity (Wildman–Crippen MR) is 244 cm³/mol. The van der Waals surface area contributed by atoms with E-state index in [2.05, 4.69) is 39.0 Å². The zero-order chi connectivity index (χ0) is 47.7. The molecule has 0 atom stereocenters. The van der Waals surface area contributed by atoms with Crippen LogP contribution >= 0.6 is 0 Å². The summed E-state index contributed by atoms with van der Waals surface area (Å²) in [5, 5.41) is 11.4. The van der Waals surface area contributed by atoms with E-state index in [0.29, 0.717) is 50.4 Å². The van der Waals surface area contributed by atoms with E-state index in [0.717, 1.165) is 39.1 Å². The summed E-state index contributed by atoms with van der Waals surface area (Å²) in [4.78, 5) is 10.1. The van der Waals surface area contributed by atoms with Crippen molar-refractivity contribution in [2.75, 3.05) is 0 Å². The number of hydrogen-bond donors (Lipinski definition) is 1. The highest BCUT2D eigenvalue weighted by molar-refractivity contribution is 5.97. The van der Waals surface area contributed by atoms with E-state index in [1.807, 2.05) is 71.3 Å². The fourth-order valence-corrected chi connectivity index (χ4v) is 7.80. The average molecular weight is 768 g/mol. The van der Waals surface area contributed by atoms with Crippen LogP contribution in [-0.4, -0.2) is 19.6 Å². The van der Waals surface area contributed by atoms with Gasteiger partial charge >= 0.3 is 0 Å². The van der Waals surface area contributed by atoms with E-state index < -0.39 is 25.5 Å². The molecule has 2 heterocycles. The van der Waals surface area contributed by atoms with Gasteiger partial charge in [0.1, 0.15) is 11.6 Å². The zero-order valence-electron chi connectivity index (χ0n) is 42.1. The van der Waals surface area contributed by atoms with Gasteiger partial charge in [-0.05, 0) is 136 Å². The number of aromatic nitrogens is 3. The summed E-state index contributed by atoms with van der Waals surface area (Å²) < 4.78 is 70.3. The summed E-state index contributed by atoms with van der Waals surface area (Å²) in [6, 6.07) is 40.7. The minimum atomic E-state index is -2.62. The standard InChI is InChI=1S/C54H53N3O/c1-33(2)43-15-12-16-44(34(3)4)51(43)39-24-25-48(36(6)28-39)57-49-18-13-17-45(52(49)56-53(57)46-14-10-11-19-50(46)58)40-29-41(31-42(30-40)54(7,8)9)47-32-38(26-27-55-47)37-22-20-35(5)21-23-37/h10-34,58H,1-9H3/i5D3,6D3,33D,34D. The third-order valence-corrected chi connectivity index (χ3v) is 10.9. The molecule has 58 heavy (non-hydrogen) atoms. The number of benzene rings is 6. The molecule has 290 valence electrons. The third-order valence-electron chi connectivity index (χ3n) is 10.9. The molecular weight excluding hydrogens is 707 g/mol. The summed E-state index contributed by atoms with van der Waals surface area (Å²) >= 11 is 0. The van der Waals surface area contributed by atoms with Crippen LogP contribution in [0.5, 0.6) is 5.75 Å². The predicted octanol–water partition coefficient (Wildman–Crippen LogP) is 14.6. The van der Waals surface area contributed by atoms with Gasteiger partial charge in [-0.15, -0.1) is 0 Å². The Labute approximate surface area is 355 Å². The molecule has 6 aromatic carbocycles. The molecule has 0 fully saturated rings. The molecule has 4 nitrogen and oxygen atoms in total. The number of fused-ring (bicyclic) bond motifs is 1. The van der Waals surface area contributed by atoms with Crippen molar-refractivity contribution in [3.8, 4) is 67.5 Å². The Morgan fingerprint density at radius 2 is 1.33 bits per heavy atom. The highest BCUT2D eigenvalue weighted by Gasteiger charge is 2.24. The van der Waals surface area contributed by atoms with Gasteiger partial charge < -0.3 is 5.11 Å². The molecule has 0 radical (unpaired) electrons. The first-order chi connectivity index (χ1) is 30.8. The van der Waals surface area contributed by atoms with Crippen molar-refractivity contribution < 1.29 is 16.1 Å². The Kier molecular flexibility index (Phi) is 7.86. The van der Waals surface area contributed by atoms with Crippen molar-refractivity contribution in [3.63, 3.8) is 0 Å². The number of nitrogens with zero attached hydrogens (tertiary/aromatic N) is 3. The summed E-state index contributed by atoms with van der Waals surface area (Å²) in [5.74, 6) is -1.78. The van der Waals surface area contributed by atoms with Crippen LogP contribution in [-0.2, 0) is 5.41 Å². The molecule has 0 aliphatic rings. The number of aromatic hydroxyl groups is 1. The van der Waals surface area contributed by atoms with Crippen LogP contribution in [0.25, 0.3) is 72.7 Å². The Balaban J connectivity index is 1.37. The van der Waals surface area contributed by atoms with Gasteiger partial charge in [-0.3, -0.25) is 9.55 Å². The van der Waals surface area contributed by atoms with Crippen LogP contribution in [0.15, 0.2) is 140 Å². The number of phenols is 1. The number of pyridine rings is 1. The largest absolute Gasteiger partial charge is 0.507 e. The summed E-state index contributed by atoms with van der Waals surface area (Å²) in [5.41, 5.74) is 10.6. The lowest BCUT2D eigenvalue weighted by Crippen LogP contribution is -2.11. The maximum Gasteiger partial charge on any atom is 0.149 e. The van der Waals surface area contributed by atoms with E-state index in [4.69, 9.17) is 20.9 Å². The number of phenolic OH excluding ortho intramolecular Hbond substituents is 1. The molecular formula is C54H53N3O. The van der Waals surface area contributed by atoms with Crippen LogP contribution < -0.4 is 0 Å². The van der Waals surface area contributed by atoms with E-state index in [9.17, 15) is 5.11 Å². The van der Waals surface area contributed by atoms with Crippen LogP contribution in [0, 0.1) is 13.7 Å². The van der Waals surface area contributed by atoms with Crippen molar-refractivity contribution in [2.24, 2.45) is 0 Å². The molecule has 8 rings (SSSR count). The Morgan fingerprint density at radius 1 is 0.638 bits per heavy atom. The van der Waals surface area contributed by atoms with Gasteiger partial charge in [0.25, 0.3) is 0 Å². The first-order valence-electron chi connectivity index (χ1n) is 23.6. The summed E-state index contributed by atoms with van der Waals surface area (Å²) in [6.45, 7) is 8.78. The quantitative estimate of drug-likeness (QED) is 0.167. The number of aryl methyl sites for hydroxylation is 2. The lowest BCUT2D eigenvalue weighted by molar-refractivity contribution is 0.477. The second-order valence-corrected chi connectivity index (χ2v) is 16.5. The van der Waals surface area contributed by atoms with Crippen LogP contribution in [0.2, 0.25) is 0 Å². The molecule has 0 spiro atoms. The van der Waals surface area contributed by atoms with Crippen LogP contribution in [0.1, 0.15) is 99.0 Å². The van der Waals surface area contributed by atoms with Gasteiger partial charge in [0.05, 0.1) is 28.0 Å². The van der Waals surface area contributed by atoms with Gasteiger partial charge in [0, 0.05) is 28.3 Å². The fourth-order valence-electron chi connectivity index (χ4n) is 7.80. The number of imidazole rings is 1. The topological polar surface area (TPSA) is 50.9 Å². The molecule has 0 unspecified atom stereocenters. The Hall–Kier alpha value is -6.26. The molecule has 8 aromatic rings. The molecule has 1 N–H and O–H groups in total. The minimum absolute atomic E-state index is 0.0207. The van der Waals surface area contributed by atoms with E-state index >= 15 is 0 Å². The second-order valence-electron chi connectivity index (χ2n) is 16.5.